The number of hydrogen-bond acceptors (Lipinski definition) is 2. The Morgan fingerprint density at radius 3 is 1.95 bits per heavy atom. The SMILES string of the molecule is COc1ccc(CCc2cc(F)c(OC(F)F)c(F)c2)cc1. The molecule has 0 spiro atoms. The third-order valence-electron chi connectivity index (χ3n) is 3.13. The van der Waals surface area contributed by atoms with Gasteiger partial charge in [-0.3, -0.25) is 0 Å². The molecule has 2 rings (SSSR count). The Labute approximate surface area is 125 Å². The molecule has 0 saturated heterocycles. The number of methoxy groups -OCH3 is 1. The van der Waals surface area contributed by atoms with Crippen molar-refractivity contribution < 1.29 is 27.0 Å². The summed E-state index contributed by atoms with van der Waals surface area (Å²) in [6.45, 7) is -3.27. The minimum absolute atomic E-state index is 0.368. The molecule has 0 heterocycles. The Morgan fingerprint density at radius 1 is 0.909 bits per heavy atom. The highest BCUT2D eigenvalue weighted by Gasteiger charge is 2.16. The van der Waals surface area contributed by atoms with Crippen molar-refractivity contribution in [1.29, 1.82) is 0 Å². The number of aryl methyl sites for hydroxylation is 2. The number of halogens is 4. The van der Waals surface area contributed by atoms with Gasteiger partial charge in [-0.2, -0.15) is 8.78 Å². The number of hydrogen-bond donors (Lipinski definition) is 0. The molecule has 2 aromatic rings. The van der Waals surface area contributed by atoms with Crippen LogP contribution < -0.4 is 9.47 Å². The monoisotopic (exact) mass is 314 g/mol. The van der Waals surface area contributed by atoms with Gasteiger partial charge in [-0.15, -0.1) is 0 Å². The van der Waals surface area contributed by atoms with Crippen molar-refractivity contribution in [3.63, 3.8) is 0 Å². The smallest absolute Gasteiger partial charge is 0.387 e. The van der Waals surface area contributed by atoms with Gasteiger partial charge < -0.3 is 9.47 Å². The van der Waals surface area contributed by atoms with Gasteiger partial charge in [-0.05, 0) is 48.2 Å². The first-order valence-corrected chi connectivity index (χ1v) is 6.55. The van der Waals surface area contributed by atoms with Gasteiger partial charge in [0.15, 0.2) is 17.4 Å². The van der Waals surface area contributed by atoms with Crippen LogP contribution in [0.3, 0.4) is 0 Å². The maximum atomic E-state index is 13.6. The van der Waals surface area contributed by atoms with Crippen LogP contribution in [0.15, 0.2) is 36.4 Å². The Balaban J connectivity index is 2.06. The van der Waals surface area contributed by atoms with Crippen molar-refractivity contribution in [2.75, 3.05) is 7.11 Å². The van der Waals surface area contributed by atoms with Gasteiger partial charge >= 0.3 is 6.61 Å². The van der Waals surface area contributed by atoms with Crippen LogP contribution in [-0.2, 0) is 12.8 Å². The van der Waals surface area contributed by atoms with E-state index in [1.165, 1.54) is 0 Å². The van der Waals surface area contributed by atoms with Crippen molar-refractivity contribution in [1.82, 2.24) is 0 Å². The molecule has 0 radical (unpaired) electrons. The van der Waals surface area contributed by atoms with Crippen LogP contribution in [0.2, 0.25) is 0 Å². The van der Waals surface area contributed by atoms with E-state index in [0.717, 1.165) is 17.7 Å². The summed E-state index contributed by atoms with van der Waals surface area (Å²) in [6.07, 6.45) is 0.924. The molecule has 2 aromatic carbocycles. The van der Waals surface area contributed by atoms with Crippen LogP contribution in [0.25, 0.3) is 0 Å². The summed E-state index contributed by atoms with van der Waals surface area (Å²) in [7, 11) is 1.56. The number of alkyl halides is 2. The lowest BCUT2D eigenvalue weighted by molar-refractivity contribution is -0.0546. The minimum Gasteiger partial charge on any atom is -0.497 e. The van der Waals surface area contributed by atoms with E-state index in [4.69, 9.17) is 4.74 Å². The first-order chi connectivity index (χ1) is 10.5. The molecule has 0 saturated carbocycles. The zero-order valence-corrected chi connectivity index (χ0v) is 11.8. The van der Waals surface area contributed by atoms with Gasteiger partial charge in [0.05, 0.1) is 7.11 Å². The van der Waals surface area contributed by atoms with E-state index in [2.05, 4.69) is 4.74 Å². The third-order valence-corrected chi connectivity index (χ3v) is 3.13. The van der Waals surface area contributed by atoms with E-state index in [-0.39, 0.29) is 0 Å². The van der Waals surface area contributed by atoms with Crippen molar-refractivity contribution in [2.24, 2.45) is 0 Å². The van der Waals surface area contributed by atoms with Gasteiger partial charge in [0.2, 0.25) is 0 Å². The van der Waals surface area contributed by atoms with Gasteiger partial charge in [0, 0.05) is 0 Å². The topological polar surface area (TPSA) is 18.5 Å². The molecule has 0 amide bonds. The molecule has 2 nitrogen and oxygen atoms in total. The number of ether oxygens (including phenoxy) is 2. The van der Waals surface area contributed by atoms with E-state index in [1.54, 1.807) is 19.2 Å². The Hall–Kier alpha value is -2.24. The molecule has 0 aromatic heterocycles. The van der Waals surface area contributed by atoms with Crippen LogP contribution >= 0.6 is 0 Å². The second kappa shape index (κ2) is 7.15. The summed E-state index contributed by atoms with van der Waals surface area (Å²) in [6, 6.07) is 9.28. The number of rotatable bonds is 6. The molecule has 0 atom stereocenters. The van der Waals surface area contributed by atoms with E-state index < -0.39 is 24.0 Å². The van der Waals surface area contributed by atoms with Crippen molar-refractivity contribution in [3.8, 4) is 11.5 Å². The summed E-state index contributed by atoms with van der Waals surface area (Å²) < 4.78 is 60.1. The standard InChI is InChI=1S/C16H14F4O2/c1-21-12-6-4-10(5-7-12)2-3-11-8-13(17)15(14(18)9-11)22-16(19)20/h4-9,16H,2-3H2,1H3. The summed E-state index contributed by atoms with van der Waals surface area (Å²) in [5.74, 6) is -2.60. The lowest BCUT2D eigenvalue weighted by atomic mass is 10.0. The summed E-state index contributed by atoms with van der Waals surface area (Å²) in [5, 5.41) is 0. The zero-order chi connectivity index (χ0) is 16.1. The van der Waals surface area contributed by atoms with Gasteiger partial charge in [-0.1, -0.05) is 12.1 Å². The maximum absolute atomic E-state index is 13.6. The minimum atomic E-state index is -3.27. The molecule has 0 unspecified atom stereocenters. The highest BCUT2D eigenvalue weighted by Crippen LogP contribution is 2.25. The fourth-order valence-electron chi connectivity index (χ4n) is 2.04. The lowest BCUT2D eigenvalue weighted by Crippen LogP contribution is -2.06. The average molecular weight is 314 g/mol. The molecular weight excluding hydrogens is 300 g/mol. The summed E-state index contributed by atoms with van der Waals surface area (Å²) in [4.78, 5) is 0. The molecule has 6 heteroatoms. The quantitative estimate of drug-likeness (QED) is 0.738. The Kier molecular flexibility index (Phi) is 5.25. The van der Waals surface area contributed by atoms with Crippen LogP contribution in [0.5, 0.6) is 11.5 Å². The number of benzene rings is 2. The molecule has 0 N–H and O–H groups in total. The predicted molar refractivity (Wildman–Crippen MR) is 73.4 cm³/mol. The Morgan fingerprint density at radius 2 is 1.45 bits per heavy atom. The molecule has 0 fully saturated rings. The second-order valence-corrected chi connectivity index (χ2v) is 4.62. The normalized spacial score (nSPS) is 10.8. The Bertz CT molecular complexity index is 604. The first-order valence-electron chi connectivity index (χ1n) is 6.55. The van der Waals surface area contributed by atoms with E-state index in [9.17, 15) is 17.6 Å². The maximum Gasteiger partial charge on any atom is 0.387 e. The summed E-state index contributed by atoms with van der Waals surface area (Å²) >= 11 is 0. The molecule has 0 aliphatic carbocycles. The van der Waals surface area contributed by atoms with Gasteiger partial charge in [0.1, 0.15) is 5.75 Å². The third kappa shape index (κ3) is 4.13. The molecule has 22 heavy (non-hydrogen) atoms. The predicted octanol–water partition coefficient (Wildman–Crippen LogP) is 4.36. The molecule has 0 aliphatic heterocycles. The second-order valence-electron chi connectivity index (χ2n) is 4.62. The largest absolute Gasteiger partial charge is 0.497 e. The molecule has 0 bridgehead atoms. The van der Waals surface area contributed by atoms with Crippen molar-refractivity contribution in [3.05, 3.63) is 59.2 Å². The fourth-order valence-corrected chi connectivity index (χ4v) is 2.04. The van der Waals surface area contributed by atoms with Crippen LogP contribution in [-0.4, -0.2) is 13.7 Å². The zero-order valence-electron chi connectivity index (χ0n) is 11.8. The van der Waals surface area contributed by atoms with Crippen LogP contribution in [0.4, 0.5) is 17.6 Å². The molecule has 118 valence electrons. The average Bonchev–Trinajstić information content (AvgIpc) is 2.49. The molecular formula is C16H14F4O2. The van der Waals surface area contributed by atoms with Crippen molar-refractivity contribution >= 4 is 0 Å². The van der Waals surface area contributed by atoms with E-state index in [1.807, 2.05) is 12.1 Å². The molecule has 0 aliphatic rings. The lowest BCUT2D eigenvalue weighted by Gasteiger charge is -2.09. The van der Waals surface area contributed by atoms with Crippen LogP contribution in [0, 0.1) is 11.6 Å². The summed E-state index contributed by atoms with van der Waals surface area (Å²) in [5.41, 5.74) is 1.34. The highest BCUT2D eigenvalue weighted by atomic mass is 19.3. The fraction of sp³-hybridized carbons (Fsp3) is 0.250. The van der Waals surface area contributed by atoms with E-state index in [0.29, 0.717) is 24.2 Å². The van der Waals surface area contributed by atoms with Crippen LogP contribution in [0.1, 0.15) is 11.1 Å². The van der Waals surface area contributed by atoms with Crippen molar-refractivity contribution in [2.45, 2.75) is 19.5 Å². The first kappa shape index (κ1) is 16.1. The van der Waals surface area contributed by atoms with Gasteiger partial charge in [0.25, 0.3) is 0 Å². The highest BCUT2D eigenvalue weighted by molar-refractivity contribution is 5.33. The van der Waals surface area contributed by atoms with Gasteiger partial charge in [-0.25, -0.2) is 8.78 Å². The van der Waals surface area contributed by atoms with E-state index >= 15 is 0 Å².